The lowest BCUT2D eigenvalue weighted by Gasteiger charge is -2.19. The van der Waals surface area contributed by atoms with Crippen LogP contribution in [0.4, 0.5) is 4.39 Å². The first-order chi connectivity index (χ1) is 12.9. The average molecular weight is 393 g/mol. The summed E-state index contributed by atoms with van der Waals surface area (Å²) in [4.78, 5) is 16.7. The van der Waals surface area contributed by atoms with Crippen LogP contribution >= 0.6 is 0 Å². The third-order valence-corrected chi connectivity index (χ3v) is 7.29. The number of aromatic nitrogens is 2. The predicted molar refractivity (Wildman–Crippen MR) is 100 cm³/mol. The molecule has 1 N–H and O–H groups in total. The zero-order valence-corrected chi connectivity index (χ0v) is 16.1. The Morgan fingerprint density at radius 1 is 1.37 bits per heavy atom. The van der Waals surface area contributed by atoms with Crippen molar-refractivity contribution in [3.05, 3.63) is 53.9 Å². The van der Waals surface area contributed by atoms with Crippen molar-refractivity contribution in [2.45, 2.75) is 43.4 Å². The largest absolute Gasteiger partial charge is 0.342 e. The molecule has 27 heavy (non-hydrogen) atoms. The molecule has 1 fully saturated rings. The van der Waals surface area contributed by atoms with Crippen molar-refractivity contribution in [3.8, 4) is 0 Å². The van der Waals surface area contributed by atoms with Crippen molar-refractivity contribution in [2.75, 3.05) is 5.75 Å². The number of benzene rings is 1. The van der Waals surface area contributed by atoms with Crippen LogP contribution in [-0.2, 0) is 21.7 Å². The molecular weight excluding hydrogens is 369 g/mol. The van der Waals surface area contributed by atoms with Gasteiger partial charge in [-0.15, -0.1) is 0 Å². The van der Waals surface area contributed by atoms with E-state index in [1.165, 1.54) is 12.1 Å². The zero-order chi connectivity index (χ0) is 19.4. The van der Waals surface area contributed by atoms with Crippen LogP contribution in [-0.4, -0.2) is 34.9 Å². The summed E-state index contributed by atoms with van der Waals surface area (Å²) in [6.07, 6.45) is 6.44. The van der Waals surface area contributed by atoms with Gasteiger partial charge in [-0.05, 0) is 30.5 Å². The van der Waals surface area contributed by atoms with E-state index < -0.39 is 27.6 Å². The Balaban J connectivity index is 1.72. The highest BCUT2D eigenvalue weighted by Crippen LogP contribution is 2.26. The molecule has 1 heterocycles. The van der Waals surface area contributed by atoms with Gasteiger partial charge in [-0.1, -0.05) is 25.0 Å². The number of sulfone groups is 1. The van der Waals surface area contributed by atoms with Crippen molar-refractivity contribution in [1.82, 2.24) is 14.9 Å². The second-order valence-electron chi connectivity index (χ2n) is 6.98. The Morgan fingerprint density at radius 3 is 2.74 bits per heavy atom. The molecule has 0 aliphatic heterocycles. The van der Waals surface area contributed by atoms with Crippen LogP contribution in [0.5, 0.6) is 0 Å². The Morgan fingerprint density at radius 2 is 2.11 bits per heavy atom. The summed E-state index contributed by atoms with van der Waals surface area (Å²) < 4.78 is 40.2. The van der Waals surface area contributed by atoms with Crippen molar-refractivity contribution >= 4 is 15.7 Å². The SMILES string of the molecule is Cn1ccnc1C(NC(=O)CCS(=O)(=O)C1CCCC1)c1cccc(F)c1. The lowest BCUT2D eigenvalue weighted by atomic mass is 10.1. The monoisotopic (exact) mass is 393 g/mol. The fraction of sp³-hybridized carbons (Fsp3) is 0.474. The number of amides is 1. The maximum atomic E-state index is 13.7. The highest BCUT2D eigenvalue weighted by molar-refractivity contribution is 7.92. The molecule has 1 amide bonds. The zero-order valence-electron chi connectivity index (χ0n) is 15.3. The summed E-state index contributed by atoms with van der Waals surface area (Å²) in [5, 5.41) is 2.49. The van der Waals surface area contributed by atoms with Crippen molar-refractivity contribution in [1.29, 1.82) is 0 Å². The highest BCUT2D eigenvalue weighted by atomic mass is 32.2. The first kappa shape index (κ1) is 19.5. The Bertz CT molecular complexity index is 904. The van der Waals surface area contributed by atoms with E-state index in [1.807, 2.05) is 0 Å². The number of nitrogens with one attached hydrogen (secondary N) is 1. The Kier molecular flexibility index (Phi) is 5.94. The smallest absolute Gasteiger partial charge is 0.221 e. The lowest BCUT2D eigenvalue weighted by Crippen LogP contribution is -2.33. The van der Waals surface area contributed by atoms with Gasteiger partial charge in [0.05, 0.1) is 11.0 Å². The Labute approximate surface area is 158 Å². The van der Waals surface area contributed by atoms with Gasteiger partial charge in [0.1, 0.15) is 17.7 Å². The standard InChI is InChI=1S/C19H24FN3O3S/c1-23-11-10-21-19(23)18(14-5-4-6-15(20)13-14)22-17(24)9-12-27(25,26)16-7-2-3-8-16/h4-6,10-11,13,16,18H,2-3,7-9,12H2,1H3,(H,22,24). The second-order valence-corrected chi connectivity index (χ2v) is 9.38. The normalized spacial score (nSPS) is 16.4. The molecule has 2 aromatic rings. The second kappa shape index (κ2) is 8.21. The summed E-state index contributed by atoms with van der Waals surface area (Å²) in [7, 11) is -1.48. The van der Waals surface area contributed by atoms with E-state index in [1.54, 1.807) is 36.1 Å². The quantitative estimate of drug-likeness (QED) is 0.784. The summed E-state index contributed by atoms with van der Waals surface area (Å²) in [6.45, 7) is 0. The summed E-state index contributed by atoms with van der Waals surface area (Å²) in [5.41, 5.74) is 0.552. The number of halogens is 1. The maximum absolute atomic E-state index is 13.7. The van der Waals surface area contributed by atoms with Crippen LogP contribution in [0, 0.1) is 5.82 Å². The van der Waals surface area contributed by atoms with E-state index in [0.29, 0.717) is 24.2 Å². The number of aryl methyl sites for hydroxylation is 1. The average Bonchev–Trinajstić information content (AvgIpc) is 3.30. The summed E-state index contributed by atoms with van der Waals surface area (Å²) >= 11 is 0. The molecule has 6 nitrogen and oxygen atoms in total. The van der Waals surface area contributed by atoms with Crippen LogP contribution in [0.25, 0.3) is 0 Å². The van der Waals surface area contributed by atoms with E-state index in [0.717, 1.165) is 12.8 Å². The number of nitrogens with zero attached hydrogens (tertiary/aromatic N) is 2. The number of carbonyl (C=O) groups excluding carboxylic acids is 1. The molecule has 1 unspecified atom stereocenters. The molecule has 8 heteroatoms. The van der Waals surface area contributed by atoms with Crippen molar-refractivity contribution in [2.24, 2.45) is 7.05 Å². The molecule has 1 saturated carbocycles. The minimum atomic E-state index is -3.27. The molecule has 146 valence electrons. The maximum Gasteiger partial charge on any atom is 0.221 e. The van der Waals surface area contributed by atoms with Gasteiger partial charge in [0.2, 0.25) is 5.91 Å². The van der Waals surface area contributed by atoms with Gasteiger partial charge in [-0.2, -0.15) is 0 Å². The summed E-state index contributed by atoms with van der Waals surface area (Å²) in [6, 6.07) is 5.29. The van der Waals surface area contributed by atoms with Crippen molar-refractivity contribution in [3.63, 3.8) is 0 Å². The third kappa shape index (κ3) is 4.74. The minimum Gasteiger partial charge on any atom is -0.342 e. The number of rotatable bonds is 7. The number of carbonyl (C=O) groups is 1. The number of hydrogen-bond acceptors (Lipinski definition) is 4. The van der Waals surface area contributed by atoms with Crippen LogP contribution in [0.15, 0.2) is 36.7 Å². The van der Waals surface area contributed by atoms with Gasteiger partial charge in [0, 0.05) is 25.9 Å². The summed E-state index contributed by atoms with van der Waals surface area (Å²) in [5.74, 6) is -0.425. The van der Waals surface area contributed by atoms with Crippen molar-refractivity contribution < 1.29 is 17.6 Å². The van der Waals surface area contributed by atoms with Crippen LogP contribution in [0.3, 0.4) is 0 Å². The van der Waals surface area contributed by atoms with Crippen LogP contribution in [0.2, 0.25) is 0 Å². The molecule has 1 aromatic carbocycles. The molecule has 1 aliphatic rings. The molecule has 0 saturated heterocycles. The van der Waals surface area contributed by atoms with E-state index in [2.05, 4.69) is 10.3 Å². The van der Waals surface area contributed by atoms with Gasteiger partial charge in [-0.3, -0.25) is 4.79 Å². The lowest BCUT2D eigenvalue weighted by molar-refractivity contribution is -0.121. The van der Waals surface area contributed by atoms with Gasteiger partial charge in [-0.25, -0.2) is 17.8 Å². The van der Waals surface area contributed by atoms with E-state index in [-0.39, 0.29) is 17.4 Å². The molecule has 1 aliphatic carbocycles. The molecule has 1 atom stereocenters. The molecule has 0 radical (unpaired) electrons. The first-order valence-electron chi connectivity index (χ1n) is 9.10. The van der Waals surface area contributed by atoms with Gasteiger partial charge < -0.3 is 9.88 Å². The topological polar surface area (TPSA) is 81.1 Å². The number of hydrogen-bond donors (Lipinski definition) is 1. The van der Waals surface area contributed by atoms with Gasteiger partial charge in [0.15, 0.2) is 9.84 Å². The van der Waals surface area contributed by atoms with E-state index in [4.69, 9.17) is 0 Å². The fourth-order valence-corrected chi connectivity index (χ4v) is 5.38. The fourth-order valence-electron chi connectivity index (χ4n) is 3.52. The molecule has 3 rings (SSSR count). The van der Waals surface area contributed by atoms with Crippen LogP contribution in [0.1, 0.15) is 49.5 Å². The first-order valence-corrected chi connectivity index (χ1v) is 10.8. The highest BCUT2D eigenvalue weighted by Gasteiger charge is 2.29. The Hall–Kier alpha value is -2.22. The molecular formula is C19H24FN3O3S. The number of imidazole rings is 1. The molecule has 0 bridgehead atoms. The molecule has 1 aromatic heterocycles. The van der Waals surface area contributed by atoms with Crippen LogP contribution < -0.4 is 5.32 Å². The van der Waals surface area contributed by atoms with E-state index in [9.17, 15) is 17.6 Å². The third-order valence-electron chi connectivity index (χ3n) is 5.03. The van der Waals surface area contributed by atoms with Gasteiger partial charge in [0.25, 0.3) is 0 Å². The van der Waals surface area contributed by atoms with E-state index >= 15 is 0 Å². The molecule has 0 spiro atoms. The predicted octanol–water partition coefficient (Wildman–Crippen LogP) is 2.51. The van der Waals surface area contributed by atoms with Gasteiger partial charge >= 0.3 is 0 Å². The minimum absolute atomic E-state index is 0.116.